The molecule has 2 heterocycles. The molecule has 132 valence electrons. The Balaban J connectivity index is 0.00000144. The van der Waals surface area contributed by atoms with Crippen molar-refractivity contribution in [2.45, 2.75) is 19.4 Å². The molecule has 0 unspecified atom stereocenters. The Morgan fingerprint density at radius 3 is 2.75 bits per heavy atom. The third-order valence-corrected chi connectivity index (χ3v) is 4.78. The quantitative estimate of drug-likeness (QED) is 0.873. The van der Waals surface area contributed by atoms with Gasteiger partial charge in [0.25, 0.3) is 5.91 Å². The Bertz CT molecular complexity index is 666. The normalized spacial score (nSPS) is 16.9. The molecule has 1 atom stereocenters. The van der Waals surface area contributed by atoms with Gasteiger partial charge in [0.2, 0.25) is 0 Å². The number of nitrogens with one attached hydrogen (secondary N) is 1. The lowest BCUT2D eigenvalue weighted by Crippen LogP contribution is -2.52. The van der Waals surface area contributed by atoms with E-state index in [0.717, 1.165) is 30.2 Å². The summed E-state index contributed by atoms with van der Waals surface area (Å²) in [5.41, 5.74) is 0.991. The van der Waals surface area contributed by atoms with Crippen LogP contribution in [-0.2, 0) is 6.42 Å². The first kappa shape index (κ1) is 20.8. The van der Waals surface area contributed by atoms with Gasteiger partial charge in [-0.1, -0.05) is 12.1 Å². The van der Waals surface area contributed by atoms with Crippen LogP contribution in [0.25, 0.3) is 0 Å². The van der Waals surface area contributed by atoms with Gasteiger partial charge in [0.15, 0.2) is 0 Å². The zero-order valence-corrected chi connectivity index (χ0v) is 15.6. The van der Waals surface area contributed by atoms with Crippen molar-refractivity contribution < 1.29 is 9.18 Å². The molecule has 0 aliphatic carbocycles. The van der Waals surface area contributed by atoms with Crippen molar-refractivity contribution in [3.8, 4) is 0 Å². The number of hydrogen-bond acceptors (Lipinski definition) is 4. The minimum atomic E-state index is -0.244. The lowest BCUT2D eigenvalue weighted by atomic mass is 10.2. The van der Waals surface area contributed by atoms with Gasteiger partial charge in [-0.25, -0.2) is 9.37 Å². The number of carbonyl (C=O) groups excluding carboxylic acids is 1. The van der Waals surface area contributed by atoms with E-state index in [4.69, 9.17) is 0 Å². The van der Waals surface area contributed by atoms with E-state index >= 15 is 0 Å². The van der Waals surface area contributed by atoms with E-state index in [9.17, 15) is 9.18 Å². The lowest BCUT2D eigenvalue weighted by molar-refractivity contribution is 0.0660. The second-order valence-corrected chi connectivity index (χ2v) is 6.59. The smallest absolute Gasteiger partial charge is 0.265 e. The highest BCUT2D eigenvalue weighted by Crippen LogP contribution is 2.20. The molecule has 1 N–H and O–H groups in total. The average Bonchev–Trinajstić information content (AvgIpc) is 2.98. The Morgan fingerprint density at radius 1 is 1.38 bits per heavy atom. The van der Waals surface area contributed by atoms with E-state index in [0.29, 0.717) is 11.3 Å². The summed E-state index contributed by atoms with van der Waals surface area (Å²) in [6.07, 6.45) is 2.27. The Kier molecular flexibility index (Phi) is 8.09. The zero-order chi connectivity index (χ0) is 15.5. The summed E-state index contributed by atoms with van der Waals surface area (Å²) in [6, 6.07) is 6.58. The number of nitrogens with zero attached hydrogens (tertiary/aromatic N) is 2. The average molecular weight is 392 g/mol. The third-order valence-electron chi connectivity index (χ3n) is 3.80. The summed E-state index contributed by atoms with van der Waals surface area (Å²) in [5, 5.41) is 4.15. The molecular formula is C16H20Cl2FN3OS. The number of halogens is 3. The van der Waals surface area contributed by atoms with Crippen molar-refractivity contribution in [2.24, 2.45) is 0 Å². The molecule has 4 nitrogen and oxygen atoms in total. The number of thiazole rings is 1. The van der Waals surface area contributed by atoms with Crippen LogP contribution in [0, 0.1) is 5.82 Å². The number of piperazine rings is 1. The topological polar surface area (TPSA) is 45.2 Å². The third kappa shape index (κ3) is 4.89. The van der Waals surface area contributed by atoms with E-state index in [1.807, 2.05) is 11.8 Å². The number of hydrogen-bond donors (Lipinski definition) is 1. The van der Waals surface area contributed by atoms with Gasteiger partial charge in [-0.15, -0.1) is 36.2 Å². The SMILES string of the molecule is C[C@@H]1CNCCN1C(=O)c1cnc(Cc2ccc(F)cc2)s1.Cl.Cl. The fourth-order valence-electron chi connectivity index (χ4n) is 2.55. The standard InChI is InChI=1S/C16H18FN3OS.2ClH/c1-11-9-18-6-7-20(11)16(21)14-10-19-15(22-14)8-12-2-4-13(17)5-3-12;;/h2-5,10-11,18H,6-9H2,1H3;2*1H/t11-;;/m1../s1. The molecule has 1 aromatic carbocycles. The molecule has 8 heteroatoms. The van der Waals surface area contributed by atoms with E-state index in [1.54, 1.807) is 18.3 Å². The summed E-state index contributed by atoms with van der Waals surface area (Å²) in [5.74, 6) is -0.191. The molecule has 1 aliphatic rings. The molecule has 0 radical (unpaired) electrons. The molecular weight excluding hydrogens is 372 g/mol. The van der Waals surface area contributed by atoms with Crippen LogP contribution in [0.2, 0.25) is 0 Å². The van der Waals surface area contributed by atoms with Crippen LogP contribution in [0.1, 0.15) is 27.2 Å². The Hall–Kier alpha value is -1.21. The second-order valence-electron chi connectivity index (χ2n) is 5.47. The van der Waals surface area contributed by atoms with Gasteiger partial charge in [0.05, 0.1) is 11.2 Å². The molecule has 24 heavy (non-hydrogen) atoms. The van der Waals surface area contributed by atoms with Gasteiger partial charge >= 0.3 is 0 Å². The number of amides is 1. The van der Waals surface area contributed by atoms with E-state index < -0.39 is 0 Å². The predicted octanol–water partition coefficient (Wildman–Crippen LogP) is 3.15. The highest BCUT2D eigenvalue weighted by Gasteiger charge is 2.25. The molecule has 1 saturated heterocycles. The van der Waals surface area contributed by atoms with Gasteiger partial charge in [0.1, 0.15) is 10.7 Å². The monoisotopic (exact) mass is 391 g/mol. The fourth-order valence-corrected chi connectivity index (χ4v) is 3.46. The summed E-state index contributed by atoms with van der Waals surface area (Å²) in [4.78, 5) is 19.4. The summed E-state index contributed by atoms with van der Waals surface area (Å²) < 4.78 is 12.9. The van der Waals surface area contributed by atoms with E-state index in [-0.39, 0.29) is 42.6 Å². The summed E-state index contributed by atoms with van der Waals surface area (Å²) >= 11 is 1.42. The minimum Gasteiger partial charge on any atom is -0.333 e. The van der Waals surface area contributed by atoms with Crippen LogP contribution in [0.4, 0.5) is 4.39 Å². The van der Waals surface area contributed by atoms with Crippen molar-refractivity contribution in [1.29, 1.82) is 0 Å². The Labute approximate surface area is 157 Å². The maximum atomic E-state index is 12.9. The molecule has 2 aromatic rings. The van der Waals surface area contributed by atoms with Crippen molar-refractivity contribution >= 4 is 42.1 Å². The molecule has 0 bridgehead atoms. The van der Waals surface area contributed by atoms with Gasteiger partial charge in [-0.3, -0.25) is 4.79 Å². The number of carbonyl (C=O) groups is 1. The first-order valence-electron chi connectivity index (χ1n) is 7.34. The Morgan fingerprint density at radius 2 is 2.08 bits per heavy atom. The first-order valence-corrected chi connectivity index (χ1v) is 8.16. The lowest BCUT2D eigenvalue weighted by Gasteiger charge is -2.33. The molecule has 1 amide bonds. The van der Waals surface area contributed by atoms with Gasteiger partial charge in [0, 0.05) is 32.1 Å². The van der Waals surface area contributed by atoms with Crippen LogP contribution in [0.3, 0.4) is 0 Å². The zero-order valence-electron chi connectivity index (χ0n) is 13.2. The van der Waals surface area contributed by atoms with Gasteiger partial charge in [-0.05, 0) is 24.6 Å². The van der Waals surface area contributed by atoms with Crippen LogP contribution in [-0.4, -0.2) is 41.5 Å². The fraction of sp³-hybridized carbons (Fsp3) is 0.375. The predicted molar refractivity (Wildman–Crippen MR) is 99.2 cm³/mol. The molecule has 3 rings (SSSR count). The van der Waals surface area contributed by atoms with Gasteiger partial charge in [-0.2, -0.15) is 0 Å². The molecule has 1 aliphatic heterocycles. The molecule has 0 spiro atoms. The number of aromatic nitrogens is 1. The van der Waals surface area contributed by atoms with Crippen molar-refractivity contribution in [2.75, 3.05) is 19.6 Å². The maximum Gasteiger partial charge on any atom is 0.265 e. The summed E-state index contributed by atoms with van der Waals surface area (Å²) in [6.45, 7) is 4.43. The minimum absolute atomic E-state index is 0. The van der Waals surface area contributed by atoms with Crippen LogP contribution in [0.5, 0.6) is 0 Å². The van der Waals surface area contributed by atoms with Crippen molar-refractivity contribution in [1.82, 2.24) is 15.2 Å². The largest absolute Gasteiger partial charge is 0.333 e. The second kappa shape index (κ2) is 9.32. The highest BCUT2D eigenvalue weighted by atomic mass is 35.5. The summed E-state index contributed by atoms with van der Waals surface area (Å²) in [7, 11) is 0. The van der Waals surface area contributed by atoms with Crippen molar-refractivity contribution in [3.63, 3.8) is 0 Å². The van der Waals surface area contributed by atoms with Crippen LogP contribution < -0.4 is 5.32 Å². The first-order chi connectivity index (χ1) is 10.6. The van der Waals surface area contributed by atoms with E-state index in [1.165, 1.54) is 23.5 Å². The number of benzene rings is 1. The molecule has 1 aromatic heterocycles. The van der Waals surface area contributed by atoms with Crippen LogP contribution >= 0.6 is 36.2 Å². The van der Waals surface area contributed by atoms with Gasteiger partial charge < -0.3 is 10.2 Å². The number of rotatable bonds is 3. The highest BCUT2D eigenvalue weighted by molar-refractivity contribution is 7.13. The molecule has 0 saturated carbocycles. The van der Waals surface area contributed by atoms with Crippen LogP contribution in [0.15, 0.2) is 30.5 Å². The molecule has 1 fully saturated rings. The maximum absolute atomic E-state index is 12.9. The van der Waals surface area contributed by atoms with Crippen molar-refractivity contribution in [3.05, 3.63) is 51.7 Å². The van der Waals surface area contributed by atoms with E-state index in [2.05, 4.69) is 10.3 Å².